The summed E-state index contributed by atoms with van der Waals surface area (Å²) in [6, 6.07) is 8.24. The van der Waals surface area contributed by atoms with Crippen LogP contribution in [-0.4, -0.2) is 65.3 Å². The Bertz CT molecular complexity index is 766. The Balaban J connectivity index is 1.41. The van der Waals surface area contributed by atoms with Gasteiger partial charge in [0.1, 0.15) is 6.17 Å². The highest BCUT2D eigenvalue weighted by molar-refractivity contribution is 5.47. The van der Waals surface area contributed by atoms with Gasteiger partial charge in [0.15, 0.2) is 0 Å². The number of aryl methyl sites for hydroxylation is 1. The second kappa shape index (κ2) is 10.5. The molecule has 0 aliphatic carbocycles. The van der Waals surface area contributed by atoms with Gasteiger partial charge in [-0.3, -0.25) is 9.69 Å². The van der Waals surface area contributed by atoms with Crippen molar-refractivity contribution >= 4 is 6.41 Å². The van der Waals surface area contributed by atoms with Crippen LogP contribution in [0.3, 0.4) is 0 Å². The van der Waals surface area contributed by atoms with E-state index in [-0.39, 0.29) is 0 Å². The van der Waals surface area contributed by atoms with Gasteiger partial charge in [0.25, 0.3) is 0 Å². The van der Waals surface area contributed by atoms with Crippen molar-refractivity contribution in [3.05, 3.63) is 47.3 Å². The summed E-state index contributed by atoms with van der Waals surface area (Å²) in [6.45, 7) is 10.0. The summed E-state index contributed by atoms with van der Waals surface area (Å²) < 4.78 is 15.5. The van der Waals surface area contributed by atoms with E-state index in [2.05, 4.69) is 27.4 Å². The Hall–Kier alpha value is -2.25. The van der Waals surface area contributed by atoms with Gasteiger partial charge in [-0.1, -0.05) is 19.1 Å². The summed E-state index contributed by atoms with van der Waals surface area (Å²) in [5.41, 5.74) is 3.66. The zero-order valence-corrected chi connectivity index (χ0v) is 17.5. The SMILES string of the molecule is CCc1cn(-c2ccc(CNCCCN3CCN(C=O)CC3)cc2)nc1C(C)F. The van der Waals surface area contributed by atoms with Crippen molar-refractivity contribution in [1.82, 2.24) is 24.9 Å². The van der Waals surface area contributed by atoms with Crippen LogP contribution < -0.4 is 5.32 Å². The molecule has 0 spiro atoms. The Morgan fingerprint density at radius 3 is 2.52 bits per heavy atom. The first-order chi connectivity index (χ1) is 14.1. The van der Waals surface area contributed by atoms with E-state index in [0.29, 0.717) is 5.69 Å². The van der Waals surface area contributed by atoms with Crippen molar-refractivity contribution in [2.45, 2.75) is 39.4 Å². The number of hydrogen-bond acceptors (Lipinski definition) is 4. The van der Waals surface area contributed by atoms with Crippen LogP contribution in [0.2, 0.25) is 0 Å². The standard InChI is InChI=1S/C22H32FN5O/c1-3-20-16-28(25-22(20)18(2)23)21-7-5-19(6-8-21)15-24-9-4-10-26-11-13-27(17-29)14-12-26/h5-8,16-18,24H,3-4,9-15H2,1-2H3. The molecule has 1 atom stereocenters. The fraction of sp³-hybridized carbons (Fsp3) is 0.545. The van der Waals surface area contributed by atoms with Crippen LogP contribution in [0.5, 0.6) is 0 Å². The maximum absolute atomic E-state index is 13.7. The number of carbonyl (C=O) groups is 1. The maximum atomic E-state index is 13.7. The van der Waals surface area contributed by atoms with Crippen LogP contribution in [0.25, 0.3) is 5.69 Å². The molecule has 158 valence electrons. The predicted octanol–water partition coefficient (Wildman–Crippen LogP) is 2.72. The molecule has 1 amide bonds. The summed E-state index contributed by atoms with van der Waals surface area (Å²) >= 11 is 0. The van der Waals surface area contributed by atoms with Crippen molar-refractivity contribution in [2.24, 2.45) is 0 Å². The van der Waals surface area contributed by atoms with Crippen LogP contribution in [0.15, 0.2) is 30.5 Å². The van der Waals surface area contributed by atoms with Crippen molar-refractivity contribution in [2.75, 3.05) is 39.3 Å². The van der Waals surface area contributed by atoms with Crippen LogP contribution in [0.1, 0.15) is 43.3 Å². The number of nitrogens with one attached hydrogen (secondary N) is 1. The van der Waals surface area contributed by atoms with Gasteiger partial charge in [-0.2, -0.15) is 5.10 Å². The van der Waals surface area contributed by atoms with Crippen LogP contribution in [0.4, 0.5) is 4.39 Å². The van der Waals surface area contributed by atoms with E-state index in [4.69, 9.17) is 0 Å². The molecule has 0 saturated carbocycles. The van der Waals surface area contributed by atoms with Crippen molar-refractivity contribution in [1.29, 1.82) is 0 Å². The van der Waals surface area contributed by atoms with E-state index in [0.717, 1.165) is 76.3 Å². The quantitative estimate of drug-likeness (QED) is 0.491. The van der Waals surface area contributed by atoms with E-state index in [1.165, 1.54) is 12.5 Å². The number of amides is 1. The highest BCUT2D eigenvalue weighted by Crippen LogP contribution is 2.21. The maximum Gasteiger partial charge on any atom is 0.209 e. The van der Waals surface area contributed by atoms with E-state index < -0.39 is 6.17 Å². The average molecular weight is 402 g/mol. The Kier molecular flexibility index (Phi) is 7.77. The molecule has 1 aliphatic heterocycles. The van der Waals surface area contributed by atoms with Gasteiger partial charge >= 0.3 is 0 Å². The van der Waals surface area contributed by atoms with E-state index in [9.17, 15) is 9.18 Å². The van der Waals surface area contributed by atoms with Gasteiger partial charge in [-0.05, 0) is 56.1 Å². The number of alkyl halides is 1. The lowest BCUT2D eigenvalue weighted by Gasteiger charge is -2.32. The lowest BCUT2D eigenvalue weighted by atomic mass is 10.1. The normalized spacial score (nSPS) is 16.2. The Morgan fingerprint density at radius 2 is 1.93 bits per heavy atom. The second-order valence-corrected chi connectivity index (χ2v) is 7.63. The molecule has 1 aromatic heterocycles. The number of hydrogen-bond donors (Lipinski definition) is 1. The molecule has 0 radical (unpaired) electrons. The van der Waals surface area contributed by atoms with Gasteiger partial charge in [0, 0.05) is 38.9 Å². The molecule has 2 aromatic rings. The largest absolute Gasteiger partial charge is 0.343 e. The van der Waals surface area contributed by atoms with Gasteiger partial charge in [0.05, 0.1) is 11.4 Å². The number of benzene rings is 1. The summed E-state index contributed by atoms with van der Waals surface area (Å²) in [7, 11) is 0. The fourth-order valence-electron chi connectivity index (χ4n) is 3.68. The number of aromatic nitrogens is 2. The second-order valence-electron chi connectivity index (χ2n) is 7.63. The van der Waals surface area contributed by atoms with Crippen molar-refractivity contribution in [3.63, 3.8) is 0 Å². The lowest BCUT2D eigenvalue weighted by Crippen LogP contribution is -2.46. The lowest BCUT2D eigenvalue weighted by molar-refractivity contribution is -0.119. The monoisotopic (exact) mass is 401 g/mol. The van der Waals surface area contributed by atoms with E-state index in [1.54, 1.807) is 4.68 Å². The molecule has 1 aliphatic rings. The number of nitrogens with zero attached hydrogens (tertiary/aromatic N) is 4. The third-order valence-electron chi connectivity index (χ3n) is 5.49. The molecule has 1 N–H and O–H groups in total. The highest BCUT2D eigenvalue weighted by atomic mass is 19.1. The fourth-order valence-corrected chi connectivity index (χ4v) is 3.68. The summed E-state index contributed by atoms with van der Waals surface area (Å²) in [6.07, 6.45) is 3.69. The molecular formula is C22H32FN5O. The van der Waals surface area contributed by atoms with Gasteiger partial charge in [-0.15, -0.1) is 0 Å². The number of rotatable bonds is 10. The van der Waals surface area contributed by atoms with E-state index in [1.807, 2.05) is 30.2 Å². The smallest absolute Gasteiger partial charge is 0.209 e. The number of carbonyl (C=O) groups excluding carboxylic acids is 1. The molecule has 2 heterocycles. The minimum absolute atomic E-state index is 0.533. The minimum atomic E-state index is -1.05. The first-order valence-electron chi connectivity index (χ1n) is 10.5. The first kappa shape index (κ1) is 21.5. The summed E-state index contributed by atoms with van der Waals surface area (Å²) in [5.74, 6) is 0. The first-order valence-corrected chi connectivity index (χ1v) is 10.5. The van der Waals surface area contributed by atoms with Gasteiger partial charge < -0.3 is 10.2 Å². The van der Waals surface area contributed by atoms with Gasteiger partial charge in [-0.25, -0.2) is 9.07 Å². The molecule has 3 rings (SSSR count). The molecule has 0 bridgehead atoms. The number of piperazine rings is 1. The zero-order valence-electron chi connectivity index (χ0n) is 17.5. The molecule has 1 aromatic carbocycles. The van der Waals surface area contributed by atoms with Gasteiger partial charge in [0.2, 0.25) is 6.41 Å². The number of halogens is 1. The molecule has 29 heavy (non-hydrogen) atoms. The van der Waals surface area contributed by atoms with Crippen molar-refractivity contribution in [3.8, 4) is 5.69 Å². The average Bonchev–Trinajstić information content (AvgIpc) is 3.19. The predicted molar refractivity (Wildman–Crippen MR) is 113 cm³/mol. The summed E-state index contributed by atoms with van der Waals surface area (Å²) in [5, 5.41) is 7.91. The molecule has 6 nitrogen and oxygen atoms in total. The van der Waals surface area contributed by atoms with Crippen LogP contribution in [0, 0.1) is 0 Å². The van der Waals surface area contributed by atoms with Crippen LogP contribution >= 0.6 is 0 Å². The molecular weight excluding hydrogens is 369 g/mol. The Morgan fingerprint density at radius 1 is 1.21 bits per heavy atom. The third-order valence-corrected chi connectivity index (χ3v) is 5.49. The molecule has 1 unspecified atom stereocenters. The highest BCUT2D eigenvalue weighted by Gasteiger charge is 2.15. The minimum Gasteiger partial charge on any atom is -0.343 e. The molecule has 7 heteroatoms. The molecule has 1 fully saturated rings. The molecule has 1 saturated heterocycles. The Labute approximate surface area is 172 Å². The van der Waals surface area contributed by atoms with E-state index >= 15 is 0 Å². The van der Waals surface area contributed by atoms with Crippen molar-refractivity contribution < 1.29 is 9.18 Å². The zero-order chi connectivity index (χ0) is 20.6. The van der Waals surface area contributed by atoms with Crippen LogP contribution in [-0.2, 0) is 17.8 Å². The topological polar surface area (TPSA) is 53.4 Å². The summed E-state index contributed by atoms with van der Waals surface area (Å²) in [4.78, 5) is 15.0. The third kappa shape index (κ3) is 5.87.